The monoisotopic (exact) mass is 411 g/mol. The van der Waals surface area contributed by atoms with Crippen LogP contribution in [-0.4, -0.2) is 35.9 Å². The van der Waals surface area contributed by atoms with Crippen LogP contribution in [0.3, 0.4) is 0 Å². The number of benzene rings is 1. The number of halogens is 4. The number of piperidine rings is 1. The highest BCUT2D eigenvalue weighted by Gasteiger charge is 2.32. The summed E-state index contributed by atoms with van der Waals surface area (Å²) in [6, 6.07) is 6.73. The van der Waals surface area contributed by atoms with E-state index < -0.39 is 17.6 Å². The van der Waals surface area contributed by atoms with E-state index in [0.717, 1.165) is 32.0 Å². The summed E-state index contributed by atoms with van der Waals surface area (Å²) in [5.74, 6) is -0.265. The fourth-order valence-electron chi connectivity index (χ4n) is 3.40. The molecule has 1 saturated heterocycles. The zero-order valence-electron chi connectivity index (χ0n) is 15.4. The minimum Gasteiger partial charge on any atom is -0.322 e. The number of nitrogens with one attached hydrogen (secondary N) is 1. The third kappa shape index (κ3) is 5.23. The quantitative estimate of drug-likeness (QED) is 0.728. The summed E-state index contributed by atoms with van der Waals surface area (Å²) >= 11 is 5.91. The van der Waals surface area contributed by atoms with Gasteiger partial charge in [0.05, 0.1) is 11.1 Å². The second-order valence-electron chi connectivity index (χ2n) is 7.16. The molecule has 1 aliphatic heterocycles. The van der Waals surface area contributed by atoms with E-state index in [1.165, 1.54) is 18.3 Å². The van der Waals surface area contributed by atoms with Crippen molar-refractivity contribution in [3.63, 3.8) is 0 Å². The zero-order valence-corrected chi connectivity index (χ0v) is 16.1. The Morgan fingerprint density at radius 1 is 1.29 bits per heavy atom. The molecule has 28 heavy (non-hydrogen) atoms. The molecule has 1 fully saturated rings. The molecule has 0 spiro atoms. The van der Waals surface area contributed by atoms with Crippen molar-refractivity contribution < 1.29 is 18.0 Å². The summed E-state index contributed by atoms with van der Waals surface area (Å²) in [4.78, 5) is 18.4. The van der Waals surface area contributed by atoms with Crippen molar-refractivity contribution in [2.45, 2.75) is 25.4 Å². The van der Waals surface area contributed by atoms with Crippen molar-refractivity contribution in [2.24, 2.45) is 5.92 Å². The Balaban J connectivity index is 1.83. The number of anilines is 1. The molecule has 0 unspecified atom stereocenters. The Morgan fingerprint density at radius 3 is 2.64 bits per heavy atom. The topological polar surface area (TPSA) is 45.2 Å². The molecule has 4 nitrogen and oxygen atoms in total. The maximum Gasteiger partial charge on any atom is 0.416 e. The second-order valence-corrected chi connectivity index (χ2v) is 7.52. The minimum atomic E-state index is -4.49. The SMILES string of the molecule is CN1CCC(Cc2cc(NC(=O)c3cccnc3Cl)cc(C(F)(F)F)c2)CC1. The average molecular weight is 412 g/mol. The minimum absolute atomic E-state index is 0.00137. The van der Waals surface area contributed by atoms with Crippen LogP contribution < -0.4 is 5.32 Å². The van der Waals surface area contributed by atoms with E-state index in [1.54, 1.807) is 12.1 Å². The van der Waals surface area contributed by atoms with Gasteiger partial charge in [-0.25, -0.2) is 4.98 Å². The van der Waals surface area contributed by atoms with E-state index in [2.05, 4.69) is 15.2 Å². The number of hydrogen-bond acceptors (Lipinski definition) is 3. The van der Waals surface area contributed by atoms with Gasteiger partial charge in [-0.3, -0.25) is 4.79 Å². The van der Waals surface area contributed by atoms with Gasteiger partial charge >= 0.3 is 6.18 Å². The molecular formula is C20H21ClF3N3O. The van der Waals surface area contributed by atoms with Crippen LogP contribution in [0.5, 0.6) is 0 Å². The maximum absolute atomic E-state index is 13.4. The average Bonchev–Trinajstić information content (AvgIpc) is 2.63. The van der Waals surface area contributed by atoms with Crippen LogP contribution in [0.2, 0.25) is 5.15 Å². The van der Waals surface area contributed by atoms with Crippen molar-refractivity contribution in [3.05, 3.63) is 58.4 Å². The largest absolute Gasteiger partial charge is 0.416 e. The van der Waals surface area contributed by atoms with Gasteiger partial charge in [0.25, 0.3) is 5.91 Å². The molecule has 2 aromatic rings. The first-order chi connectivity index (χ1) is 13.2. The molecule has 0 aliphatic carbocycles. The number of rotatable bonds is 4. The van der Waals surface area contributed by atoms with Crippen molar-refractivity contribution in [1.82, 2.24) is 9.88 Å². The molecule has 0 atom stereocenters. The first kappa shape index (κ1) is 20.6. The molecule has 0 saturated carbocycles. The molecule has 2 heterocycles. The van der Waals surface area contributed by atoms with Crippen LogP contribution in [-0.2, 0) is 12.6 Å². The van der Waals surface area contributed by atoms with Crippen LogP contribution in [0.4, 0.5) is 18.9 Å². The lowest BCUT2D eigenvalue weighted by Crippen LogP contribution is -2.31. The summed E-state index contributed by atoms with van der Waals surface area (Å²) in [5.41, 5.74) is 0.00333. The van der Waals surface area contributed by atoms with Gasteiger partial charge in [0.15, 0.2) is 0 Å². The van der Waals surface area contributed by atoms with Crippen molar-refractivity contribution in [1.29, 1.82) is 0 Å². The van der Waals surface area contributed by atoms with Gasteiger partial charge < -0.3 is 10.2 Å². The Kier molecular flexibility index (Phi) is 6.25. The third-order valence-electron chi connectivity index (χ3n) is 4.94. The number of aromatic nitrogens is 1. The van der Waals surface area contributed by atoms with Gasteiger partial charge in [0.1, 0.15) is 5.15 Å². The molecule has 1 amide bonds. The molecule has 1 N–H and O–H groups in total. The molecule has 3 rings (SSSR count). The number of likely N-dealkylation sites (tertiary alicyclic amines) is 1. The van der Waals surface area contributed by atoms with E-state index in [9.17, 15) is 18.0 Å². The number of pyridine rings is 1. The van der Waals surface area contributed by atoms with Gasteiger partial charge in [0, 0.05) is 11.9 Å². The number of amides is 1. The van der Waals surface area contributed by atoms with Crippen LogP contribution in [0.25, 0.3) is 0 Å². The van der Waals surface area contributed by atoms with E-state index >= 15 is 0 Å². The molecule has 0 bridgehead atoms. The van der Waals surface area contributed by atoms with E-state index in [1.807, 2.05) is 7.05 Å². The van der Waals surface area contributed by atoms with Gasteiger partial charge in [-0.1, -0.05) is 11.6 Å². The molecular weight excluding hydrogens is 391 g/mol. The van der Waals surface area contributed by atoms with Crippen molar-refractivity contribution >= 4 is 23.2 Å². The van der Waals surface area contributed by atoms with Crippen LogP contribution in [0, 0.1) is 5.92 Å². The Hall–Kier alpha value is -2.12. The highest BCUT2D eigenvalue weighted by Crippen LogP contribution is 2.33. The standard InChI is InChI=1S/C20H21ClF3N3O/c1-27-7-4-13(5-8-27)9-14-10-15(20(22,23)24)12-16(11-14)26-19(28)17-3-2-6-25-18(17)21/h2-3,6,10-13H,4-5,7-9H2,1H3,(H,26,28). The Labute approximate surface area is 166 Å². The first-order valence-corrected chi connectivity index (χ1v) is 9.42. The van der Waals surface area contributed by atoms with E-state index in [0.29, 0.717) is 17.9 Å². The van der Waals surface area contributed by atoms with Crippen molar-refractivity contribution in [2.75, 3.05) is 25.5 Å². The predicted molar refractivity (Wildman–Crippen MR) is 103 cm³/mol. The second kappa shape index (κ2) is 8.49. The maximum atomic E-state index is 13.4. The summed E-state index contributed by atoms with van der Waals surface area (Å²) in [6.45, 7) is 1.87. The molecule has 1 aliphatic rings. The highest BCUT2D eigenvalue weighted by atomic mass is 35.5. The fourth-order valence-corrected chi connectivity index (χ4v) is 3.60. The number of carbonyl (C=O) groups excluding carboxylic acids is 1. The summed E-state index contributed by atoms with van der Waals surface area (Å²) in [5, 5.41) is 2.52. The van der Waals surface area contributed by atoms with Crippen LogP contribution in [0.15, 0.2) is 36.5 Å². The smallest absolute Gasteiger partial charge is 0.322 e. The zero-order chi connectivity index (χ0) is 20.3. The van der Waals surface area contributed by atoms with Gasteiger partial charge in [-0.2, -0.15) is 13.2 Å². The van der Waals surface area contributed by atoms with Gasteiger partial charge in [0.2, 0.25) is 0 Å². The van der Waals surface area contributed by atoms with Gasteiger partial charge in [-0.15, -0.1) is 0 Å². The van der Waals surface area contributed by atoms with Crippen LogP contribution in [0.1, 0.15) is 34.3 Å². The Bertz CT molecular complexity index is 849. The molecule has 8 heteroatoms. The normalized spacial score (nSPS) is 16.2. The molecule has 1 aromatic carbocycles. The molecule has 150 valence electrons. The van der Waals surface area contributed by atoms with Crippen LogP contribution >= 0.6 is 11.6 Å². The number of alkyl halides is 3. The number of nitrogens with zero attached hydrogens (tertiary/aromatic N) is 2. The van der Waals surface area contributed by atoms with E-state index in [4.69, 9.17) is 11.6 Å². The lowest BCUT2D eigenvalue weighted by molar-refractivity contribution is -0.137. The van der Waals surface area contributed by atoms with Crippen molar-refractivity contribution in [3.8, 4) is 0 Å². The molecule has 0 radical (unpaired) electrons. The first-order valence-electron chi connectivity index (χ1n) is 9.04. The van der Waals surface area contributed by atoms with Gasteiger partial charge in [-0.05, 0) is 81.2 Å². The summed E-state index contributed by atoms with van der Waals surface area (Å²) in [7, 11) is 2.04. The van der Waals surface area contributed by atoms with E-state index in [-0.39, 0.29) is 16.4 Å². The lowest BCUT2D eigenvalue weighted by Gasteiger charge is -2.29. The highest BCUT2D eigenvalue weighted by molar-refractivity contribution is 6.33. The third-order valence-corrected chi connectivity index (χ3v) is 5.25. The summed E-state index contributed by atoms with van der Waals surface area (Å²) < 4.78 is 40.1. The molecule has 1 aromatic heterocycles. The number of carbonyl (C=O) groups is 1. The Morgan fingerprint density at radius 2 is 2.00 bits per heavy atom. The lowest BCUT2D eigenvalue weighted by atomic mass is 9.89. The fraction of sp³-hybridized carbons (Fsp3) is 0.400. The predicted octanol–water partition coefficient (Wildman–Crippen LogP) is 4.89. The summed E-state index contributed by atoms with van der Waals surface area (Å²) in [6.07, 6.45) is -0.620. The number of hydrogen-bond donors (Lipinski definition) is 1.